The molecule has 3 aromatic rings. The van der Waals surface area contributed by atoms with E-state index in [2.05, 4.69) is 4.72 Å². The van der Waals surface area contributed by atoms with E-state index in [1.807, 2.05) is 0 Å². The zero-order valence-electron chi connectivity index (χ0n) is 16.0. The molecule has 0 saturated heterocycles. The van der Waals surface area contributed by atoms with Gasteiger partial charge in [0.05, 0.1) is 16.7 Å². The quantitative estimate of drug-likeness (QED) is 0.643. The molecule has 1 aromatic heterocycles. The number of nitrogens with one attached hydrogen (secondary N) is 1. The molecule has 31 heavy (non-hydrogen) atoms. The van der Waals surface area contributed by atoms with Gasteiger partial charge in [0.1, 0.15) is 0 Å². The van der Waals surface area contributed by atoms with E-state index >= 15 is 0 Å². The number of fused-ring (bicyclic) bond motifs is 1. The van der Waals surface area contributed by atoms with Crippen LogP contribution in [0.15, 0.2) is 70.2 Å². The minimum atomic E-state index is -4.55. The average molecular weight is 450 g/mol. The number of rotatable bonds is 4. The Balaban J connectivity index is 1.53. The third kappa shape index (κ3) is 4.43. The van der Waals surface area contributed by atoms with E-state index in [0.29, 0.717) is 13.0 Å². The molecule has 1 N–H and O–H groups in total. The Morgan fingerprint density at radius 1 is 1.03 bits per heavy atom. The van der Waals surface area contributed by atoms with Gasteiger partial charge in [-0.2, -0.15) is 13.2 Å². The first kappa shape index (κ1) is 21.0. The summed E-state index contributed by atoms with van der Waals surface area (Å²) in [7, 11) is -4.08. The van der Waals surface area contributed by atoms with Crippen LogP contribution in [-0.4, -0.2) is 25.8 Å². The van der Waals surface area contributed by atoms with Gasteiger partial charge < -0.3 is 9.32 Å². The summed E-state index contributed by atoms with van der Waals surface area (Å²) in [5.74, 6) is -0.0333. The van der Waals surface area contributed by atoms with Crippen LogP contribution in [0.4, 0.5) is 18.9 Å². The van der Waals surface area contributed by atoms with Crippen LogP contribution in [0.1, 0.15) is 27.2 Å². The summed E-state index contributed by atoms with van der Waals surface area (Å²) in [6, 6.07) is 11.4. The standard InChI is InChI=1S/C21H17F3N2O4S/c22-21(23,24)16-4-7-18(8-5-16)31(28,29)25-17-6-3-14-9-10-26(13-15(14)12-17)20(27)19-2-1-11-30-19/h1-8,11-12,25H,9-10,13H2. The van der Waals surface area contributed by atoms with Crippen molar-refractivity contribution in [2.75, 3.05) is 11.3 Å². The summed E-state index contributed by atoms with van der Waals surface area (Å²) in [6.07, 6.45) is -2.53. The number of amides is 1. The number of sulfonamides is 1. The van der Waals surface area contributed by atoms with Crippen molar-refractivity contribution in [3.05, 3.63) is 83.3 Å². The predicted octanol–water partition coefficient (Wildman–Crippen LogP) is 4.30. The lowest BCUT2D eigenvalue weighted by atomic mass is 9.99. The van der Waals surface area contributed by atoms with Gasteiger partial charge in [-0.05, 0) is 66.1 Å². The highest BCUT2D eigenvalue weighted by Gasteiger charge is 2.31. The van der Waals surface area contributed by atoms with Gasteiger partial charge >= 0.3 is 6.18 Å². The largest absolute Gasteiger partial charge is 0.459 e. The Morgan fingerprint density at radius 2 is 1.77 bits per heavy atom. The molecule has 0 spiro atoms. The summed E-state index contributed by atoms with van der Waals surface area (Å²) in [5.41, 5.74) is 1.09. The van der Waals surface area contributed by atoms with E-state index < -0.39 is 21.8 Å². The second-order valence-electron chi connectivity index (χ2n) is 7.07. The zero-order chi connectivity index (χ0) is 22.2. The monoisotopic (exact) mass is 450 g/mol. The number of alkyl halides is 3. The molecule has 0 radical (unpaired) electrons. The van der Waals surface area contributed by atoms with Crippen molar-refractivity contribution < 1.29 is 30.8 Å². The van der Waals surface area contributed by atoms with E-state index in [-0.39, 0.29) is 28.8 Å². The number of carbonyl (C=O) groups is 1. The van der Waals surface area contributed by atoms with Crippen LogP contribution >= 0.6 is 0 Å². The first-order valence-electron chi connectivity index (χ1n) is 9.28. The molecule has 0 saturated carbocycles. The van der Waals surface area contributed by atoms with Crippen LogP contribution in [0, 0.1) is 0 Å². The van der Waals surface area contributed by atoms with Crippen molar-refractivity contribution in [3.63, 3.8) is 0 Å². The van der Waals surface area contributed by atoms with Crippen molar-refractivity contribution in [1.82, 2.24) is 4.90 Å². The van der Waals surface area contributed by atoms with Gasteiger partial charge in [0.2, 0.25) is 0 Å². The predicted molar refractivity (Wildman–Crippen MR) is 106 cm³/mol. The molecule has 1 aliphatic heterocycles. The van der Waals surface area contributed by atoms with Crippen LogP contribution in [0.2, 0.25) is 0 Å². The van der Waals surface area contributed by atoms with Crippen molar-refractivity contribution in [2.24, 2.45) is 0 Å². The lowest BCUT2D eigenvalue weighted by Crippen LogP contribution is -2.35. The van der Waals surface area contributed by atoms with Crippen LogP contribution in [0.3, 0.4) is 0 Å². The van der Waals surface area contributed by atoms with Gasteiger partial charge in [0.15, 0.2) is 5.76 Å². The molecule has 2 aromatic carbocycles. The number of anilines is 1. The Labute approximate surface area is 176 Å². The molecule has 1 aliphatic rings. The van der Waals surface area contributed by atoms with E-state index in [9.17, 15) is 26.4 Å². The molecule has 1 amide bonds. The van der Waals surface area contributed by atoms with Gasteiger partial charge in [0.25, 0.3) is 15.9 Å². The molecule has 0 aliphatic carbocycles. The van der Waals surface area contributed by atoms with Crippen molar-refractivity contribution >= 4 is 21.6 Å². The molecular formula is C21H17F3N2O4S. The van der Waals surface area contributed by atoms with E-state index in [1.165, 1.54) is 6.26 Å². The fourth-order valence-electron chi connectivity index (χ4n) is 3.39. The summed E-state index contributed by atoms with van der Waals surface area (Å²) < 4.78 is 70.8. The van der Waals surface area contributed by atoms with Crippen LogP contribution in [-0.2, 0) is 29.2 Å². The highest BCUT2D eigenvalue weighted by atomic mass is 32.2. The number of carbonyl (C=O) groups excluding carboxylic acids is 1. The number of furan rings is 1. The van der Waals surface area contributed by atoms with Crippen LogP contribution in [0.25, 0.3) is 0 Å². The smallest absolute Gasteiger partial charge is 0.416 e. The lowest BCUT2D eigenvalue weighted by Gasteiger charge is -2.28. The minimum absolute atomic E-state index is 0.225. The molecule has 10 heteroatoms. The number of halogens is 3. The number of nitrogens with zero attached hydrogens (tertiary/aromatic N) is 1. The fraction of sp³-hybridized carbons (Fsp3) is 0.190. The normalized spacial score (nSPS) is 14.2. The molecule has 4 rings (SSSR count). The van der Waals surface area contributed by atoms with E-state index in [0.717, 1.165) is 35.4 Å². The Hall–Kier alpha value is -3.27. The topological polar surface area (TPSA) is 79.6 Å². The molecule has 2 heterocycles. The summed E-state index contributed by atoms with van der Waals surface area (Å²) in [6.45, 7) is 0.786. The molecule has 0 unspecified atom stereocenters. The first-order valence-corrected chi connectivity index (χ1v) is 10.8. The summed E-state index contributed by atoms with van der Waals surface area (Å²) in [5, 5.41) is 0. The zero-order valence-corrected chi connectivity index (χ0v) is 16.8. The highest BCUT2D eigenvalue weighted by Crippen LogP contribution is 2.30. The summed E-state index contributed by atoms with van der Waals surface area (Å²) in [4.78, 5) is 13.8. The Bertz CT molecular complexity index is 1200. The van der Waals surface area contributed by atoms with Crippen LogP contribution in [0.5, 0.6) is 0 Å². The molecule has 6 nitrogen and oxygen atoms in total. The third-order valence-corrected chi connectivity index (χ3v) is 6.38. The van der Waals surface area contributed by atoms with Gasteiger partial charge in [-0.25, -0.2) is 8.42 Å². The maximum absolute atomic E-state index is 12.7. The SMILES string of the molecule is O=C(c1ccco1)N1CCc2ccc(NS(=O)(=O)c3ccc(C(F)(F)F)cc3)cc2C1. The first-order chi connectivity index (χ1) is 14.6. The molecule has 162 valence electrons. The molecule has 0 fully saturated rings. The number of hydrogen-bond acceptors (Lipinski definition) is 4. The third-order valence-electron chi connectivity index (χ3n) is 4.98. The molecule has 0 atom stereocenters. The Morgan fingerprint density at radius 3 is 2.42 bits per heavy atom. The Kier molecular flexibility index (Phi) is 5.26. The maximum Gasteiger partial charge on any atom is 0.416 e. The van der Waals surface area contributed by atoms with E-state index in [1.54, 1.807) is 35.2 Å². The van der Waals surface area contributed by atoms with E-state index in [4.69, 9.17) is 4.42 Å². The van der Waals surface area contributed by atoms with Crippen molar-refractivity contribution in [3.8, 4) is 0 Å². The summed E-state index contributed by atoms with van der Waals surface area (Å²) >= 11 is 0. The lowest BCUT2D eigenvalue weighted by molar-refractivity contribution is -0.137. The van der Waals surface area contributed by atoms with Gasteiger partial charge in [-0.15, -0.1) is 0 Å². The number of hydrogen-bond donors (Lipinski definition) is 1. The molecular weight excluding hydrogens is 433 g/mol. The van der Waals surface area contributed by atoms with Crippen molar-refractivity contribution in [2.45, 2.75) is 24.0 Å². The number of benzene rings is 2. The average Bonchev–Trinajstić information content (AvgIpc) is 3.27. The van der Waals surface area contributed by atoms with Crippen LogP contribution < -0.4 is 4.72 Å². The van der Waals surface area contributed by atoms with Gasteiger partial charge in [-0.1, -0.05) is 6.07 Å². The fourth-order valence-corrected chi connectivity index (χ4v) is 4.44. The van der Waals surface area contributed by atoms with Gasteiger partial charge in [-0.3, -0.25) is 9.52 Å². The second kappa shape index (κ2) is 7.77. The minimum Gasteiger partial charge on any atom is -0.459 e. The van der Waals surface area contributed by atoms with Gasteiger partial charge in [0, 0.05) is 18.8 Å². The molecule has 0 bridgehead atoms. The maximum atomic E-state index is 12.7. The second-order valence-corrected chi connectivity index (χ2v) is 8.75. The van der Waals surface area contributed by atoms with Crippen molar-refractivity contribution in [1.29, 1.82) is 0 Å². The highest BCUT2D eigenvalue weighted by molar-refractivity contribution is 7.92.